The molecule has 0 saturated heterocycles. The van der Waals surface area contributed by atoms with Gasteiger partial charge in [-0.1, -0.05) is 12.1 Å². The second kappa shape index (κ2) is 8.71. The number of hydrogen-bond donors (Lipinski definition) is 3. The average molecular weight is 332 g/mol. The minimum atomic E-state index is -0.606. The fraction of sp³-hybridized carbons (Fsp3) is 0.294. The highest BCUT2D eigenvalue weighted by Gasteiger charge is 2.07. The molecule has 2 aromatic rings. The monoisotopic (exact) mass is 332 g/mol. The van der Waals surface area contributed by atoms with E-state index in [1.807, 2.05) is 13.0 Å². The van der Waals surface area contributed by atoms with Crippen LogP contribution >= 0.6 is 0 Å². The SMILES string of the molecule is CCNC(=NCc1ccc(C(N)=O)o1)NCCc1cccc(F)c1. The van der Waals surface area contributed by atoms with Gasteiger partial charge in [0.2, 0.25) is 0 Å². The summed E-state index contributed by atoms with van der Waals surface area (Å²) < 4.78 is 18.4. The van der Waals surface area contributed by atoms with Gasteiger partial charge in [0.1, 0.15) is 18.1 Å². The van der Waals surface area contributed by atoms with Crippen molar-refractivity contribution in [3.63, 3.8) is 0 Å². The van der Waals surface area contributed by atoms with E-state index < -0.39 is 5.91 Å². The number of nitrogens with one attached hydrogen (secondary N) is 2. The lowest BCUT2D eigenvalue weighted by atomic mass is 10.1. The summed E-state index contributed by atoms with van der Waals surface area (Å²) >= 11 is 0. The third kappa shape index (κ3) is 5.42. The van der Waals surface area contributed by atoms with Crippen molar-refractivity contribution in [1.29, 1.82) is 0 Å². The molecular formula is C17H21FN4O2. The van der Waals surface area contributed by atoms with E-state index in [1.54, 1.807) is 12.1 Å². The predicted octanol–water partition coefficient (Wildman–Crippen LogP) is 1.82. The lowest BCUT2D eigenvalue weighted by Gasteiger charge is -2.11. The zero-order valence-corrected chi connectivity index (χ0v) is 13.5. The maximum atomic E-state index is 13.1. The van der Waals surface area contributed by atoms with Gasteiger partial charge < -0.3 is 20.8 Å². The van der Waals surface area contributed by atoms with Gasteiger partial charge in [-0.25, -0.2) is 9.38 Å². The van der Waals surface area contributed by atoms with Gasteiger partial charge in [-0.15, -0.1) is 0 Å². The van der Waals surface area contributed by atoms with Crippen molar-refractivity contribution >= 4 is 11.9 Å². The van der Waals surface area contributed by atoms with Crippen molar-refractivity contribution in [3.05, 3.63) is 59.3 Å². The van der Waals surface area contributed by atoms with Crippen molar-refractivity contribution in [1.82, 2.24) is 10.6 Å². The van der Waals surface area contributed by atoms with E-state index in [9.17, 15) is 9.18 Å². The smallest absolute Gasteiger partial charge is 0.284 e. The van der Waals surface area contributed by atoms with Crippen molar-refractivity contribution in [2.24, 2.45) is 10.7 Å². The fourth-order valence-corrected chi connectivity index (χ4v) is 2.11. The fourth-order valence-electron chi connectivity index (χ4n) is 2.11. The Balaban J connectivity index is 1.89. The molecule has 128 valence electrons. The summed E-state index contributed by atoms with van der Waals surface area (Å²) in [5.74, 6) is 0.433. The minimum Gasteiger partial charge on any atom is -0.454 e. The van der Waals surface area contributed by atoms with E-state index in [0.29, 0.717) is 31.2 Å². The Morgan fingerprint density at radius 2 is 2.12 bits per heavy atom. The van der Waals surface area contributed by atoms with Crippen LogP contribution in [0.5, 0.6) is 0 Å². The Morgan fingerprint density at radius 3 is 2.79 bits per heavy atom. The summed E-state index contributed by atoms with van der Waals surface area (Å²) in [5, 5.41) is 6.28. The predicted molar refractivity (Wildman–Crippen MR) is 90.1 cm³/mol. The molecule has 1 aromatic heterocycles. The molecule has 7 heteroatoms. The molecule has 0 aliphatic heterocycles. The van der Waals surface area contributed by atoms with Gasteiger partial charge in [0, 0.05) is 13.1 Å². The van der Waals surface area contributed by atoms with Crippen molar-refractivity contribution in [3.8, 4) is 0 Å². The molecule has 24 heavy (non-hydrogen) atoms. The number of carbonyl (C=O) groups excluding carboxylic acids is 1. The summed E-state index contributed by atoms with van der Waals surface area (Å²) in [6.07, 6.45) is 0.675. The Kier molecular flexibility index (Phi) is 6.36. The minimum absolute atomic E-state index is 0.115. The maximum absolute atomic E-state index is 13.1. The van der Waals surface area contributed by atoms with E-state index in [1.165, 1.54) is 18.2 Å². The zero-order valence-electron chi connectivity index (χ0n) is 13.5. The van der Waals surface area contributed by atoms with Gasteiger partial charge >= 0.3 is 0 Å². The first kappa shape index (κ1) is 17.5. The molecule has 0 fully saturated rings. The van der Waals surface area contributed by atoms with Gasteiger partial charge in [0.25, 0.3) is 5.91 Å². The molecule has 0 atom stereocenters. The number of benzene rings is 1. The first-order valence-electron chi connectivity index (χ1n) is 7.73. The number of amides is 1. The molecule has 0 bridgehead atoms. The normalized spacial score (nSPS) is 11.3. The molecule has 1 amide bonds. The summed E-state index contributed by atoms with van der Waals surface area (Å²) in [6.45, 7) is 3.56. The Morgan fingerprint density at radius 1 is 1.29 bits per heavy atom. The van der Waals surface area contributed by atoms with Gasteiger partial charge in [-0.2, -0.15) is 0 Å². The number of carbonyl (C=O) groups is 1. The van der Waals surface area contributed by atoms with Gasteiger partial charge in [-0.3, -0.25) is 4.79 Å². The Bertz CT molecular complexity index is 712. The van der Waals surface area contributed by atoms with E-state index in [4.69, 9.17) is 10.2 Å². The number of furan rings is 1. The molecule has 6 nitrogen and oxygen atoms in total. The van der Waals surface area contributed by atoms with Gasteiger partial charge in [0.15, 0.2) is 11.7 Å². The van der Waals surface area contributed by atoms with Crippen molar-refractivity contribution in [2.75, 3.05) is 13.1 Å². The van der Waals surface area contributed by atoms with Gasteiger partial charge in [-0.05, 0) is 43.2 Å². The highest BCUT2D eigenvalue weighted by Crippen LogP contribution is 2.08. The van der Waals surface area contributed by atoms with E-state index in [2.05, 4.69) is 15.6 Å². The number of rotatable bonds is 7. The molecule has 4 N–H and O–H groups in total. The van der Waals surface area contributed by atoms with Crippen molar-refractivity contribution < 1.29 is 13.6 Å². The van der Waals surface area contributed by atoms with E-state index in [0.717, 1.165) is 5.56 Å². The quantitative estimate of drug-likeness (QED) is 0.532. The molecule has 0 saturated carbocycles. The number of primary amides is 1. The molecule has 1 aromatic carbocycles. The lowest BCUT2D eigenvalue weighted by Crippen LogP contribution is -2.38. The molecule has 2 rings (SSSR count). The largest absolute Gasteiger partial charge is 0.454 e. The first-order chi connectivity index (χ1) is 11.6. The summed E-state index contributed by atoms with van der Waals surface area (Å²) in [4.78, 5) is 15.4. The van der Waals surface area contributed by atoms with E-state index >= 15 is 0 Å². The molecule has 0 radical (unpaired) electrons. The van der Waals surface area contributed by atoms with Crippen molar-refractivity contribution in [2.45, 2.75) is 19.9 Å². The van der Waals surface area contributed by atoms with Crippen LogP contribution in [0.25, 0.3) is 0 Å². The standard InChI is InChI=1S/C17H21FN4O2/c1-2-20-17(21-9-8-12-4-3-5-13(18)10-12)22-11-14-6-7-15(24-14)16(19)23/h3-7,10H,2,8-9,11H2,1H3,(H2,19,23)(H2,20,21,22). The number of halogens is 1. The van der Waals surface area contributed by atoms with Gasteiger partial charge in [0.05, 0.1) is 0 Å². The first-order valence-corrected chi connectivity index (χ1v) is 7.73. The summed E-state index contributed by atoms with van der Waals surface area (Å²) in [6, 6.07) is 9.70. The highest BCUT2D eigenvalue weighted by atomic mass is 19.1. The van der Waals surface area contributed by atoms with Crippen LogP contribution in [0.2, 0.25) is 0 Å². The Labute approximate surface area is 139 Å². The van der Waals surface area contributed by atoms with Crippen LogP contribution in [0.3, 0.4) is 0 Å². The summed E-state index contributed by atoms with van der Waals surface area (Å²) in [7, 11) is 0. The molecule has 0 spiro atoms. The van der Waals surface area contributed by atoms with Crippen LogP contribution in [0.15, 0.2) is 45.8 Å². The zero-order chi connectivity index (χ0) is 17.4. The number of hydrogen-bond acceptors (Lipinski definition) is 3. The van der Waals surface area contributed by atoms with Crippen LogP contribution in [-0.2, 0) is 13.0 Å². The third-order valence-corrected chi connectivity index (χ3v) is 3.24. The molecule has 0 aliphatic rings. The number of aliphatic imine (C=N–C) groups is 1. The Hall–Kier alpha value is -2.83. The van der Waals surface area contributed by atoms with Crippen LogP contribution in [-0.4, -0.2) is 25.0 Å². The molecule has 1 heterocycles. The van der Waals surface area contributed by atoms with E-state index in [-0.39, 0.29) is 18.1 Å². The second-order valence-electron chi connectivity index (χ2n) is 5.13. The maximum Gasteiger partial charge on any atom is 0.284 e. The lowest BCUT2D eigenvalue weighted by molar-refractivity contribution is 0.0972. The molecule has 0 aliphatic carbocycles. The second-order valence-corrected chi connectivity index (χ2v) is 5.13. The van der Waals surface area contributed by atoms with Crippen LogP contribution in [0, 0.1) is 5.82 Å². The number of nitrogens with two attached hydrogens (primary N) is 1. The van der Waals surface area contributed by atoms with Crippen LogP contribution < -0.4 is 16.4 Å². The molecular weight excluding hydrogens is 311 g/mol. The average Bonchev–Trinajstić information content (AvgIpc) is 3.02. The number of nitrogens with zero attached hydrogens (tertiary/aromatic N) is 1. The van der Waals surface area contributed by atoms with Crippen LogP contribution in [0.4, 0.5) is 4.39 Å². The summed E-state index contributed by atoms with van der Waals surface area (Å²) in [5.41, 5.74) is 6.05. The topological polar surface area (TPSA) is 92.6 Å². The van der Waals surface area contributed by atoms with Crippen LogP contribution in [0.1, 0.15) is 28.8 Å². The number of guanidine groups is 1. The molecule has 0 unspecified atom stereocenters. The third-order valence-electron chi connectivity index (χ3n) is 3.24. The highest BCUT2D eigenvalue weighted by molar-refractivity contribution is 5.89.